The van der Waals surface area contributed by atoms with Crippen molar-refractivity contribution >= 4 is 25.8 Å². The van der Waals surface area contributed by atoms with Crippen LogP contribution in [-0.4, -0.2) is 25.3 Å². The van der Waals surface area contributed by atoms with E-state index in [0.29, 0.717) is 11.5 Å². The van der Waals surface area contributed by atoms with Crippen LogP contribution in [0.2, 0.25) is 0 Å². The zero-order valence-electron chi connectivity index (χ0n) is 8.97. The van der Waals surface area contributed by atoms with E-state index >= 15 is 0 Å². The highest BCUT2D eigenvalue weighted by atomic mass is 79.9. The molecule has 2 nitrogen and oxygen atoms in total. The molecule has 0 fully saturated rings. The number of hydrogen-bond acceptors (Lipinski definition) is 2. The minimum atomic E-state index is -2.75. The standard InChI is InChI=1S/C10H21BrO2S/c1-2-3-6-9-14(12,13)10-7-4-5-8-11/h2-10H2,1H3. The first-order valence-corrected chi connectivity index (χ1v) is 8.33. The molecule has 0 aromatic carbocycles. The molecule has 0 aliphatic rings. The van der Waals surface area contributed by atoms with Gasteiger partial charge in [-0.1, -0.05) is 42.1 Å². The maximum Gasteiger partial charge on any atom is 0.150 e. The van der Waals surface area contributed by atoms with E-state index in [-0.39, 0.29) is 0 Å². The van der Waals surface area contributed by atoms with Gasteiger partial charge in [0.2, 0.25) is 0 Å². The highest BCUT2D eigenvalue weighted by Gasteiger charge is 2.08. The third kappa shape index (κ3) is 9.00. The van der Waals surface area contributed by atoms with Crippen molar-refractivity contribution in [3.8, 4) is 0 Å². The first-order chi connectivity index (χ1) is 6.62. The number of halogens is 1. The van der Waals surface area contributed by atoms with Crippen LogP contribution < -0.4 is 0 Å². The first-order valence-electron chi connectivity index (χ1n) is 5.39. The van der Waals surface area contributed by atoms with Crippen molar-refractivity contribution in [2.24, 2.45) is 0 Å². The van der Waals surface area contributed by atoms with Crippen molar-refractivity contribution < 1.29 is 8.42 Å². The zero-order chi connectivity index (χ0) is 10.9. The van der Waals surface area contributed by atoms with Crippen molar-refractivity contribution in [2.75, 3.05) is 16.8 Å². The molecule has 14 heavy (non-hydrogen) atoms. The van der Waals surface area contributed by atoms with Gasteiger partial charge >= 0.3 is 0 Å². The Morgan fingerprint density at radius 2 is 1.50 bits per heavy atom. The number of unbranched alkanes of at least 4 members (excludes halogenated alkanes) is 4. The normalized spacial score (nSPS) is 11.9. The summed E-state index contributed by atoms with van der Waals surface area (Å²) in [5.41, 5.74) is 0. The Labute approximate surface area is 96.5 Å². The summed E-state index contributed by atoms with van der Waals surface area (Å²) in [6, 6.07) is 0. The van der Waals surface area contributed by atoms with Gasteiger partial charge in [-0.05, 0) is 19.3 Å². The van der Waals surface area contributed by atoms with Gasteiger partial charge in [-0.3, -0.25) is 0 Å². The molecule has 0 saturated heterocycles. The molecule has 0 saturated carbocycles. The maximum atomic E-state index is 11.5. The fourth-order valence-electron chi connectivity index (χ4n) is 1.27. The Hall–Kier alpha value is 0.430. The molecule has 0 atom stereocenters. The largest absolute Gasteiger partial charge is 0.229 e. The molecule has 0 N–H and O–H groups in total. The van der Waals surface area contributed by atoms with Crippen LogP contribution in [0.1, 0.15) is 45.4 Å². The summed E-state index contributed by atoms with van der Waals surface area (Å²) in [6.45, 7) is 2.09. The summed E-state index contributed by atoms with van der Waals surface area (Å²) < 4.78 is 22.9. The maximum absolute atomic E-state index is 11.5. The molecule has 0 aliphatic carbocycles. The molecule has 0 rings (SSSR count). The van der Waals surface area contributed by atoms with Crippen LogP contribution in [0.3, 0.4) is 0 Å². The molecular weight excluding hydrogens is 264 g/mol. The quantitative estimate of drug-likeness (QED) is 0.482. The van der Waals surface area contributed by atoms with Gasteiger partial charge in [-0.25, -0.2) is 8.42 Å². The molecule has 4 heteroatoms. The first kappa shape index (κ1) is 14.4. The average Bonchev–Trinajstić information content (AvgIpc) is 2.13. The summed E-state index contributed by atoms with van der Waals surface area (Å²) in [6.07, 6.45) is 5.85. The molecule has 0 aliphatic heterocycles. The monoisotopic (exact) mass is 284 g/mol. The number of rotatable bonds is 9. The molecule has 0 radical (unpaired) electrons. The van der Waals surface area contributed by atoms with Gasteiger partial charge in [0.1, 0.15) is 9.84 Å². The Bertz CT molecular complexity index is 212. The number of hydrogen-bond donors (Lipinski definition) is 0. The summed E-state index contributed by atoms with van der Waals surface area (Å²) in [5, 5.41) is 0.975. The molecule has 86 valence electrons. The van der Waals surface area contributed by atoms with Crippen LogP contribution in [0.15, 0.2) is 0 Å². The van der Waals surface area contributed by atoms with E-state index < -0.39 is 9.84 Å². The minimum absolute atomic E-state index is 0.379. The van der Waals surface area contributed by atoms with E-state index in [2.05, 4.69) is 22.9 Å². The minimum Gasteiger partial charge on any atom is -0.229 e. The van der Waals surface area contributed by atoms with E-state index in [1.54, 1.807) is 0 Å². The van der Waals surface area contributed by atoms with Crippen LogP contribution in [0.25, 0.3) is 0 Å². The third-order valence-corrected chi connectivity index (χ3v) is 4.53. The zero-order valence-corrected chi connectivity index (χ0v) is 11.4. The predicted octanol–water partition coefficient (Wildman–Crippen LogP) is 3.16. The SMILES string of the molecule is CCCCCS(=O)(=O)CCCCCBr. The smallest absolute Gasteiger partial charge is 0.150 e. The van der Waals surface area contributed by atoms with Gasteiger partial charge in [-0.15, -0.1) is 0 Å². The molecule has 0 heterocycles. The van der Waals surface area contributed by atoms with E-state index in [9.17, 15) is 8.42 Å². The molecule has 0 unspecified atom stereocenters. The van der Waals surface area contributed by atoms with Crippen LogP contribution in [0.4, 0.5) is 0 Å². The van der Waals surface area contributed by atoms with Gasteiger partial charge in [0.15, 0.2) is 0 Å². The van der Waals surface area contributed by atoms with Crippen LogP contribution >= 0.6 is 15.9 Å². The predicted molar refractivity (Wildman–Crippen MR) is 65.8 cm³/mol. The van der Waals surface area contributed by atoms with Gasteiger partial charge < -0.3 is 0 Å². The highest BCUT2D eigenvalue weighted by molar-refractivity contribution is 9.09. The lowest BCUT2D eigenvalue weighted by Crippen LogP contribution is -2.11. The second-order valence-electron chi connectivity index (χ2n) is 3.61. The lowest BCUT2D eigenvalue weighted by Gasteiger charge is -2.03. The van der Waals surface area contributed by atoms with Crippen molar-refractivity contribution in [1.82, 2.24) is 0 Å². The Morgan fingerprint density at radius 3 is 2.00 bits per heavy atom. The Morgan fingerprint density at radius 1 is 0.929 bits per heavy atom. The van der Waals surface area contributed by atoms with Crippen LogP contribution in [0, 0.1) is 0 Å². The van der Waals surface area contributed by atoms with E-state index in [1.807, 2.05) is 0 Å². The van der Waals surface area contributed by atoms with Gasteiger partial charge in [0.25, 0.3) is 0 Å². The molecule has 0 spiro atoms. The highest BCUT2D eigenvalue weighted by Crippen LogP contribution is 2.05. The van der Waals surface area contributed by atoms with Crippen molar-refractivity contribution in [3.63, 3.8) is 0 Å². The second-order valence-corrected chi connectivity index (χ2v) is 6.71. The fraction of sp³-hybridized carbons (Fsp3) is 1.00. The summed E-state index contributed by atoms with van der Waals surface area (Å²) in [7, 11) is -2.75. The Balaban J connectivity index is 3.52. The summed E-state index contributed by atoms with van der Waals surface area (Å²) in [5.74, 6) is 0.763. The fourth-order valence-corrected chi connectivity index (χ4v) is 3.16. The van der Waals surface area contributed by atoms with Crippen LogP contribution in [0.5, 0.6) is 0 Å². The van der Waals surface area contributed by atoms with Crippen molar-refractivity contribution in [2.45, 2.75) is 45.4 Å². The van der Waals surface area contributed by atoms with Crippen molar-refractivity contribution in [3.05, 3.63) is 0 Å². The molecule has 0 bridgehead atoms. The van der Waals surface area contributed by atoms with Gasteiger partial charge in [0.05, 0.1) is 11.5 Å². The summed E-state index contributed by atoms with van der Waals surface area (Å²) >= 11 is 3.33. The Kier molecular flexibility index (Phi) is 8.98. The summed E-state index contributed by atoms with van der Waals surface area (Å²) in [4.78, 5) is 0. The third-order valence-electron chi connectivity index (χ3n) is 2.15. The number of sulfone groups is 1. The van der Waals surface area contributed by atoms with Gasteiger partial charge in [-0.2, -0.15) is 0 Å². The average molecular weight is 285 g/mol. The molecule has 0 aromatic rings. The lowest BCUT2D eigenvalue weighted by atomic mass is 10.3. The van der Waals surface area contributed by atoms with Crippen molar-refractivity contribution in [1.29, 1.82) is 0 Å². The molecular formula is C10H21BrO2S. The topological polar surface area (TPSA) is 34.1 Å². The number of alkyl halides is 1. The molecule has 0 aromatic heterocycles. The van der Waals surface area contributed by atoms with E-state index in [0.717, 1.165) is 43.9 Å². The lowest BCUT2D eigenvalue weighted by molar-refractivity contribution is 0.586. The molecule has 0 amide bonds. The second kappa shape index (κ2) is 8.72. The van der Waals surface area contributed by atoms with E-state index in [1.165, 1.54) is 0 Å². The van der Waals surface area contributed by atoms with Crippen LogP contribution in [-0.2, 0) is 9.84 Å². The van der Waals surface area contributed by atoms with E-state index in [4.69, 9.17) is 0 Å². The van der Waals surface area contributed by atoms with Gasteiger partial charge in [0, 0.05) is 5.33 Å².